The number of nitrogens with one attached hydrogen (secondary N) is 2. The van der Waals surface area contributed by atoms with E-state index in [0.29, 0.717) is 53.2 Å². The van der Waals surface area contributed by atoms with E-state index >= 15 is 0 Å². The van der Waals surface area contributed by atoms with Crippen LogP contribution in [0.2, 0.25) is 0 Å². The molecule has 1 aliphatic carbocycles. The number of nitrogens with zero attached hydrogens (tertiary/aromatic N) is 1. The van der Waals surface area contributed by atoms with Crippen LogP contribution in [-0.4, -0.2) is 29.8 Å². The maximum atomic E-state index is 13.0. The largest absolute Gasteiger partial charge is 0.496 e. The van der Waals surface area contributed by atoms with E-state index in [0.717, 1.165) is 5.56 Å². The molecule has 0 atom stereocenters. The number of anilines is 1. The van der Waals surface area contributed by atoms with Gasteiger partial charge in [0.1, 0.15) is 22.7 Å². The van der Waals surface area contributed by atoms with Crippen molar-refractivity contribution in [2.24, 2.45) is 11.1 Å². The third-order valence-corrected chi connectivity index (χ3v) is 6.54. The van der Waals surface area contributed by atoms with E-state index in [1.54, 1.807) is 48.7 Å². The lowest BCUT2D eigenvalue weighted by atomic mass is 10.0. The molecule has 192 valence electrons. The fourth-order valence-electron chi connectivity index (χ4n) is 4.21. The molecule has 1 saturated carbocycles. The zero-order chi connectivity index (χ0) is 26.7. The molecule has 0 saturated heterocycles. The van der Waals surface area contributed by atoms with Crippen LogP contribution in [0.5, 0.6) is 17.2 Å². The summed E-state index contributed by atoms with van der Waals surface area (Å²) in [6.45, 7) is 0.373. The second-order valence-electron chi connectivity index (χ2n) is 9.07. The van der Waals surface area contributed by atoms with Crippen molar-refractivity contribution in [3.8, 4) is 17.2 Å². The van der Waals surface area contributed by atoms with Crippen LogP contribution in [0.15, 0.2) is 79.0 Å². The summed E-state index contributed by atoms with van der Waals surface area (Å²) in [6, 6.07) is 21.3. The van der Waals surface area contributed by atoms with Gasteiger partial charge in [0.2, 0.25) is 11.8 Å². The number of rotatable bonds is 9. The Hall–Kier alpha value is -4.92. The van der Waals surface area contributed by atoms with Gasteiger partial charge >= 0.3 is 0 Å². The predicted octanol–water partition coefficient (Wildman–Crippen LogP) is 4.17. The van der Waals surface area contributed by atoms with Gasteiger partial charge in [0, 0.05) is 29.9 Å². The number of methoxy groups -OCH3 is 1. The number of pyridine rings is 1. The number of primary amides is 1. The molecule has 0 radical (unpaired) electrons. The van der Waals surface area contributed by atoms with Crippen LogP contribution in [0.4, 0.5) is 5.69 Å². The first kappa shape index (κ1) is 24.8. The number of amides is 3. The van der Waals surface area contributed by atoms with Crippen molar-refractivity contribution in [3.63, 3.8) is 0 Å². The van der Waals surface area contributed by atoms with Crippen molar-refractivity contribution < 1.29 is 23.9 Å². The molecule has 38 heavy (non-hydrogen) atoms. The van der Waals surface area contributed by atoms with Crippen molar-refractivity contribution in [1.29, 1.82) is 0 Å². The lowest BCUT2D eigenvalue weighted by Crippen LogP contribution is -2.39. The summed E-state index contributed by atoms with van der Waals surface area (Å²) in [7, 11) is 1.45. The van der Waals surface area contributed by atoms with Crippen LogP contribution >= 0.6 is 0 Å². The van der Waals surface area contributed by atoms with Gasteiger partial charge in [-0.1, -0.05) is 30.3 Å². The molecular formula is C29H26N4O5. The van der Waals surface area contributed by atoms with Crippen LogP contribution < -0.4 is 25.8 Å². The van der Waals surface area contributed by atoms with Crippen LogP contribution in [0.3, 0.4) is 0 Å². The zero-order valence-corrected chi connectivity index (χ0v) is 20.7. The minimum absolute atomic E-state index is 0.220. The van der Waals surface area contributed by atoms with Crippen LogP contribution in [0.1, 0.15) is 28.8 Å². The summed E-state index contributed by atoms with van der Waals surface area (Å²) in [6.07, 6.45) is 2.61. The third kappa shape index (κ3) is 4.99. The van der Waals surface area contributed by atoms with Gasteiger partial charge in [-0.05, 0) is 54.8 Å². The molecule has 5 rings (SSSR count). The lowest BCUT2D eigenvalue weighted by Gasteiger charge is -2.16. The molecule has 1 heterocycles. The summed E-state index contributed by atoms with van der Waals surface area (Å²) in [5.74, 6) is 0.0931. The van der Waals surface area contributed by atoms with Crippen LogP contribution in [0, 0.1) is 5.41 Å². The summed E-state index contributed by atoms with van der Waals surface area (Å²) in [4.78, 5) is 41.9. The van der Waals surface area contributed by atoms with Crippen molar-refractivity contribution in [3.05, 3.63) is 90.1 Å². The molecule has 4 aromatic rings. The van der Waals surface area contributed by atoms with Gasteiger partial charge in [-0.3, -0.25) is 19.4 Å². The highest BCUT2D eigenvalue weighted by atomic mass is 16.5. The fourth-order valence-corrected chi connectivity index (χ4v) is 4.21. The van der Waals surface area contributed by atoms with Gasteiger partial charge in [0.15, 0.2) is 0 Å². The van der Waals surface area contributed by atoms with Gasteiger partial charge < -0.3 is 25.8 Å². The van der Waals surface area contributed by atoms with Crippen LogP contribution in [-0.2, 0) is 16.1 Å². The van der Waals surface area contributed by atoms with E-state index < -0.39 is 11.3 Å². The number of hydrogen-bond donors (Lipinski definition) is 3. The van der Waals surface area contributed by atoms with Gasteiger partial charge in [-0.25, -0.2) is 0 Å². The molecular weight excluding hydrogens is 484 g/mol. The van der Waals surface area contributed by atoms with E-state index in [1.807, 2.05) is 30.3 Å². The van der Waals surface area contributed by atoms with Gasteiger partial charge in [0.25, 0.3) is 5.91 Å². The maximum absolute atomic E-state index is 13.0. The second kappa shape index (κ2) is 10.2. The van der Waals surface area contributed by atoms with Crippen molar-refractivity contribution in [2.45, 2.75) is 19.4 Å². The molecule has 0 bridgehead atoms. The quantitative estimate of drug-likeness (QED) is 0.290. The van der Waals surface area contributed by atoms with E-state index in [2.05, 4.69) is 15.6 Å². The topological polar surface area (TPSA) is 133 Å². The zero-order valence-electron chi connectivity index (χ0n) is 20.7. The van der Waals surface area contributed by atoms with Gasteiger partial charge in [0.05, 0.1) is 18.2 Å². The number of fused-ring (bicyclic) bond motifs is 1. The van der Waals surface area contributed by atoms with E-state index in [9.17, 15) is 14.4 Å². The number of hydrogen-bond acceptors (Lipinski definition) is 6. The first-order valence-corrected chi connectivity index (χ1v) is 12.1. The molecule has 4 N–H and O–H groups in total. The van der Waals surface area contributed by atoms with Gasteiger partial charge in [-0.2, -0.15) is 0 Å². The first-order valence-electron chi connectivity index (χ1n) is 12.1. The minimum Gasteiger partial charge on any atom is -0.496 e. The minimum atomic E-state index is -1.04. The summed E-state index contributed by atoms with van der Waals surface area (Å²) >= 11 is 0. The standard InChI is InChI=1S/C29H26N4O5/c1-37-25-16-23-21(15-22(25)26(30)34)24(11-14-31-23)38-20-9-7-19(8-10-20)33-28(36)29(12-13-29)27(35)32-17-18-5-3-2-4-6-18/h2-11,14-16H,12-13,17H2,1H3,(H2,30,34)(H,32,35)(H,33,36). The molecule has 1 aliphatic rings. The van der Waals surface area contributed by atoms with Crippen molar-refractivity contribution >= 4 is 34.3 Å². The Bertz CT molecular complexity index is 1520. The van der Waals surface area contributed by atoms with E-state index in [-0.39, 0.29) is 17.4 Å². The maximum Gasteiger partial charge on any atom is 0.252 e. The number of ether oxygens (including phenoxy) is 2. The molecule has 9 nitrogen and oxygen atoms in total. The average Bonchev–Trinajstić information content (AvgIpc) is 3.75. The number of aromatic nitrogens is 1. The second-order valence-corrected chi connectivity index (χ2v) is 9.07. The highest BCUT2D eigenvalue weighted by Gasteiger charge is 2.56. The summed E-state index contributed by atoms with van der Waals surface area (Å²) in [5, 5.41) is 6.32. The molecule has 0 spiro atoms. The van der Waals surface area contributed by atoms with Crippen molar-refractivity contribution in [1.82, 2.24) is 10.3 Å². The normalized spacial score (nSPS) is 13.4. The first-order chi connectivity index (χ1) is 18.4. The highest BCUT2D eigenvalue weighted by Crippen LogP contribution is 2.47. The monoisotopic (exact) mass is 510 g/mol. The number of carbonyl (C=O) groups is 3. The number of nitrogens with two attached hydrogens (primary N) is 1. The molecule has 3 aromatic carbocycles. The average molecular weight is 511 g/mol. The summed E-state index contributed by atoms with van der Waals surface area (Å²) < 4.78 is 11.3. The van der Waals surface area contributed by atoms with Crippen molar-refractivity contribution in [2.75, 3.05) is 12.4 Å². The Morgan fingerprint density at radius 3 is 2.34 bits per heavy atom. The lowest BCUT2D eigenvalue weighted by molar-refractivity contribution is -0.134. The SMILES string of the molecule is COc1cc2nccc(Oc3ccc(NC(=O)C4(C(=O)NCc5ccccc5)CC4)cc3)c2cc1C(N)=O. The smallest absolute Gasteiger partial charge is 0.252 e. The number of carbonyl (C=O) groups excluding carboxylic acids is 3. The third-order valence-electron chi connectivity index (χ3n) is 6.54. The predicted molar refractivity (Wildman–Crippen MR) is 142 cm³/mol. The Morgan fingerprint density at radius 2 is 1.68 bits per heavy atom. The van der Waals surface area contributed by atoms with Crippen LogP contribution in [0.25, 0.3) is 10.9 Å². The number of benzene rings is 3. The highest BCUT2D eigenvalue weighted by molar-refractivity contribution is 6.13. The Balaban J connectivity index is 1.26. The Morgan fingerprint density at radius 1 is 0.947 bits per heavy atom. The van der Waals surface area contributed by atoms with E-state index in [1.165, 1.54) is 7.11 Å². The Labute approximate surface area is 219 Å². The fraction of sp³-hybridized carbons (Fsp3) is 0.172. The Kier molecular flexibility index (Phi) is 6.66. The molecule has 9 heteroatoms. The molecule has 0 aliphatic heterocycles. The summed E-state index contributed by atoms with van der Waals surface area (Å²) in [5.41, 5.74) is 6.77. The molecule has 1 aromatic heterocycles. The van der Waals surface area contributed by atoms with E-state index in [4.69, 9.17) is 15.2 Å². The molecule has 1 fully saturated rings. The molecule has 0 unspecified atom stereocenters. The molecule has 3 amide bonds. The van der Waals surface area contributed by atoms with Gasteiger partial charge in [-0.15, -0.1) is 0 Å².